The van der Waals surface area contributed by atoms with Gasteiger partial charge >= 0.3 is 0 Å². The summed E-state index contributed by atoms with van der Waals surface area (Å²) in [6.07, 6.45) is 7.33. The van der Waals surface area contributed by atoms with Crippen LogP contribution in [-0.4, -0.2) is 54.2 Å². The Balaban J connectivity index is 1.54. The number of aromatic nitrogens is 6. The standard InChI is InChI=1S/C22H23F2N9O2/c1-25-20(35)11-33-10-17(7-28-33)29-22-26-8-18(24)21(31-22)30-19(12-34)14-3-13(4-16(23)5-14)15-6-27-32(2)9-15/h3-10,19,34H,11-12H2,1-2H3,(H,25,35)(H2,26,29,30,31). The average Bonchev–Trinajstić information content (AvgIpc) is 3.47. The summed E-state index contributed by atoms with van der Waals surface area (Å²) in [5.41, 5.74) is 2.14. The molecule has 4 aromatic rings. The van der Waals surface area contributed by atoms with Crippen molar-refractivity contribution < 1.29 is 18.7 Å². The maximum Gasteiger partial charge on any atom is 0.241 e. The van der Waals surface area contributed by atoms with Crippen LogP contribution in [0.5, 0.6) is 0 Å². The molecule has 4 rings (SSSR count). The van der Waals surface area contributed by atoms with E-state index in [1.54, 1.807) is 36.4 Å². The van der Waals surface area contributed by atoms with Crippen LogP contribution in [0.15, 0.2) is 49.2 Å². The van der Waals surface area contributed by atoms with E-state index in [1.807, 2.05) is 0 Å². The van der Waals surface area contributed by atoms with E-state index in [0.717, 1.165) is 6.20 Å². The van der Waals surface area contributed by atoms with Crippen molar-refractivity contribution in [2.24, 2.45) is 7.05 Å². The highest BCUT2D eigenvalue weighted by molar-refractivity contribution is 5.75. The van der Waals surface area contributed by atoms with E-state index in [2.05, 4.69) is 36.1 Å². The first-order valence-corrected chi connectivity index (χ1v) is 10.5. The Morgan fingerprint density at radius 2 is 1.94 bits per heavy atom. The summed E-state index contributed by atoms with van der Waals surface area (Å²) in [4.78, 5) is 19.5. The summed E-state index contributed by atoms with van der Waals surface area (Å²) in [5.74, 6) is -1.62. The fourth-order valence-electron chi connectivity index (χ4n) is 3.35. The van der Waals surface area contributed by atoms with Gasteiger partial charge in [-0.2, -0.15) is 15.2 Å². The Hall–Kier alpha value is -4.39. The molecule has 11 nitrogen and oxygen atoms in total. The first-order chi connectivity index (χ1) is 16.8. The smallest absolute Gasteiger partial charge is 0.241 e. The molecule has 35 heavy (non-hydrogen) atoms. The molecule has 0 fully saturated rings. The maximum absolute atomic E-state index is 14.5. The Morgan fingerprint density at radius 3 is 2.66 bits per heavy atom. The fraction of sp³-hybridized carbons (Fsp3) is 0.227. The number of nitrogens with one attached hydrogen (secondary N) is 3. The van der Waals surface area contributed by atoms with Crippen LogP contribution < -0.4 is 16.0 Å². The number of aryl methyl sites for hydroxylation is 1. The average molecular weight is 483 g/mol. The zero-order valence-corrected chi connectivity index (χ0v) is 18.9. The second-order valence-electron chi connectivity index (χ2n) is 7.67. The summed E-state index contributed by atoms with van der Waals surface area (Å²) >= 11 is 0. The molecule has 0 radical (unpaired) electrons. The van der Waals surface area contributed by atoms with Gasteiger partial charge in [0.15, 0.2) is 11.6 Å². The first kappa shape index (κ1) is 23.8. The quantitative estimate of drug-likeness (QED) is 0.284. The van der Waals surface area contributed by atoms with E-state index in [0.29, 0.717) is 22.4 Å². The Morgan fingerprint density at radius 1 is 1.11 bits per heavy atom. The van der Waals surface area contributed by atoms with Gasteiger partial charge in [0.2, 0.25) is 11.9 Å². The van der Waals surface area contributed by atoms with E-state index in [9.17, 15) is 18.7 Å². The molecular weight excluding hydrogens is 460 g/mol. The summed E-state index contributed by atoms with van der Waals surface area (Å²) < 4.78 is 31.9. The van der Waals surface area contributed by atoms with Crippen LogP contribution in [0.25, 0.3) is 11.1 Å². The second kappa shape index (κ2) is 10.3. The lowest BCUT2D eigenvalue weighted by molar-refractivity contribution is -0.121. The molecule has 4 N–H and O–H groups in total. The molecule has 3 aromatic heterocycles. The number of benzene rings is 1. The van der Waals surface area contributed by atoms with E-state index < -0.39 is 24.3 Å². The van der Waals surface area contributed by atoms with Crippen molar-refractivity contribution in [2.45, 2.75) is 12.6 Å². The predicted octanol–water partition coefficient (Wildman–Crippen LogP) is 1.99. The number of carbonyl (C=O) groups is 1. The number of nitrogens with zero attached hydrogens (tertiary/aromatic N) is 6. The molecule has 0 bridgehead atoms. The normalized spacial score (nSPS) is 11.8. The number of halogens is 2. The highest BCUT2D eigenvalue weighted by Gasteiger charge is 2.18. The minimum absolute atomic E-state index is 0.0299. The Bertz CT molecular complexity index is 1340. The summed E-state index contributed by atoms with van der Waals surface area (Å²) in [6.45, 7) is -0.420. The Kier molecular flexibility index (Phi) is 6.96. The lowest BCUT2D eigenvalue weighted by Crippen LogP contribution is -2.23. The molecule has 1 aromatic carbocycles. The molecule has 1 atom stereocenters. The van der Waals surface area contributed by atoms with Gasteiger partial charge in [-0.15, -0.1) is 0 Å². The molecule has 0 spiro atoms. The van der Waals surface area contributed by atoms with Crippen molar-refractivity contribution in [1.29, 1.82) is 0 Å². The monoisotopic (exact) mass is 483 g/mol. The second-order valence-corrected chi connectivity index (χ2v) is 7.67. The molecule has 0 aliphatic rings. The van der Waals surface area contributed by atoms with Crippen LogP contribution in [0.2, 0.25) is 0 Å². The number of aliphatic hydroxyl groups excluding tert-OH is 1. The van der Waals surface area contributed by atoms with Crippen molar-refractivity contribution in [2.75, 3.05) is 24.3 Å². The van der Waals surface area contributed by atoms with Gasteiger partial charge in [0, 0.05) is 32.1 Å². The summed E-state index contributed by atoms with van der Waals surface area (Å²) in [6, 6.07) is 3.45. The van der Waals surface area contributed by atoms with Gasteiger partial charge in [-0.25, -0.2) is 13.8 Å². The third-order valence-electron chi connectivity index (χ3n) is 5.07. The van der Waals surface area contributed by atoms with Crippen molar-refractivity contribution in [3.8, 4) is 11.1 Å². The number of carbonyl (C=O) groups excluding carboxylic acids is 1. The van der Waals surface area contributed by atoms with Crippen LogP contribution >= 0.6 is 0 Å². The highest BCUT2D eigenvalue weighted by Crippen LogP contribution is 2.27. The first-order valence-electron chi connectivity index (χ1n) is 10.5. The zero-order valence-electron chi connectivity index (χ0n) is 18.9. The number of amides is 1. The third-order valence-corrected chi connectivity index (χ3v) is 5.07. The molecule has 0 saturated heterocycles. The lowest BCUT2D eigenvalue weighted by Gasteiger charge is -2.19. The molecular formula is C22H23F2N9O2. The summed E-state index contributed by atoms with van der Waals surface area (Å²) in [7, 11) is 3.27. The molecule has 1 amide bonds. The van der Waals surface area contributed by atoms with Crippen LogP contribution in [0, 0.1) is 11.6 Å². The van der Waals surface area contributed by atoms with E-state index in [-0.39, 0.29) is 24.2 Å². The van der Waals surface area contributed by atoms with Crippen LogP contribution in [0.1, 0.15) is 11.6 Å². The van der Waals surface area contributed by atoms with E-state index in [4.69, 9.17) is 0 Å². The molecule has 0 aliphatic carbocycles. The molecule has 182 valence electrons. The number of hydrogen-bond donors (Lipinski definition) is 4. The van der Waals surface area contributed by atoms with E-state index in [1.165, 1.54) is 30.1 Å². The van der Waals surface area contributed by atoms with Gasteiger partial charge in [-0.3, -0.25) is 14.2 Å². The molecule has 0 aliphatic heterocycles. The SMILES string of the molecule is CNC(=O)Cn1cc(Nc2ncc(F)c(NC(CO)c3cc(F)cc(-c4cnn(C)c4)c3)n2)cn1. The Labute approximate surface area is 198 Å². The van der Waals surface area contributed by atoms with Crippen molar-refractivity contribution in [1.82, 2.24) is 34.8 Å². The van der Waals surface area contributed by atoms with Gasteiger partial charge in [-0.05, 0) is 29.3 Å². The molecule has 13 heteroatoms. The number of hydrogen-bond acceptors (Lipinski definition) is 8. The van der Waals surface area contributed by atoms with Crippen LogP contribution in [0.3, 0.4) is 0 Å². The van der Waals surface area contributed by atoms with Gasteiger partial charge in [0.05, 0.1) is 36.9 Å². The van der Waals surface area contributed by atoms with E-state index >= 15 is 0 Å². The molecule has 1 unspecified atom stereocenters. The fourth-order valence-corrected chi connectivity index (χ4v) is 3.35. The van der Waals surface area contributed by atoms with Crippen LogP contribution in [-0.2, 0) is 18.4 Å². The van der Waals surface area contributed by atoms with Crippen molar-refractivity contribution in [3.05, 3.63) is 66.4 Å². The van der Waals surface area contributed by atoms with Gasteiger partial charge < -0.3 is 21.1 Å². The predicted molar refractivity (Wildman–Crippen MR) is 124 cm³/mol. The van der Waals surface area contributed by atoms with Gasteiger partial charge in [0.1, 0.15) is 12.4 Å². The largest absolute Gasteiger partial charge is 0.394 e. The maximum atomic E-state index is 14.5. The van der Waals surface area contributed by atoms with Crippen molar-refractivity contribution in [3.63, 3.8) is 0 Å². The molecule has 3 heterocycles. The highest BCUT2D eigenvalue weighted by atomic mass is 19.1. The minimum atomic E-state index is -0.853. The minimum Gasteiger partial charge on any atom is -0.394 e. The number of rotatable bonds is 9. The number of likely N-dealkylation sites (N-methyl/N-ethyl adjacent to an activating group) is 1. The third kappa shape index (κ3) is 5.76. The van der Waals surface area contributed by atoms with Crippen molar-refractivity contribution >= 4 is 23.4 Å². The van der Waals surface area contributed by atoms with Crippen LogP contribution in [0.4, 0.5) is 26.2 Å². The lowest BCUT2D eigenvalue weighted by atomic mass is 10.0. The number of aliphatic hydroxyl groups is 1. The van der Waals surface area contributed by atoms with Gasteiger partial charge in [0.25, 0.3) is 0 Å². The molecule has 0 saturated carbocycles. The number of anilines is 3. The van der Waals surface area contributed by atoms with Gasteiger partial charge in [-0.1, -0.05) is 0 Å². The zero-order chi connectivity index (χ0) is 24.9. The topological polar surface area (TPSA) is 135 Å². The summed E-state index contributed by atoms with van der Waals surface area (Å²) in [5, 5.41) is 26.3.